The second-order valence-electron chi connectivity index (χ2n) is 4.34. The van der Waals surface area contributed by atoms with E-state index in [1.165, 1.54) is 43.7 Å². The predicted molar refractivity (Wildman–Crippen MR) is 70.5 cm³/mol. The minimum Gasteiger partial charge on any atom is -0.329 e. The highest BCUT2D eigenvalue weighted by molar-refractivity contribution is 7.99. The van der Waals surface area contributed by atoms with Gasteiger partial charge in [-0.1, -0.05) is 13.8 Å². The van der Waals surface area contributed by atoms with E-state index in [9.17, 15) is 0 Å². The Bertz CT molecular complexity index is 160. The van der Waals surface area contributed by atoms with Gasteiger partial charge in [0.2, 0.25) is 0 Å². The Balaban J connectivity index is 2.31. The third-order valence-corrected chi connectivity index (χ3v) is 3.97. The number of thioether (sulfide) groups is 1. The van der Waals surface area contributed by atoms with Gasteiger partial charge in [0.1, 0.15) is 0 Å². The third kappa shape index (κ3) is 4.75. The lowest BCUT2D eigenvalue weighted by Gasteiger charge is -2.30. The molecule has 2 N–H and O–H groups in total. The Morgan fingerprint density at radius 3 is 2.60 bits per heavy atom. The molecule has 2 nitrogen and oxygen atoms in total. The number of hydrogen-bond acceptors (Lipinski definition) is 3. The zero-order chi connectivity index (χ0) is 11.1. The van der Waals surface area contributed by atoms with Crippen LogP contribution in [0.4, 0.5) is 0 Å². The molecule has 0 aromatic rings. The zero-order valence-electron chi connectivity index (χ0n) is 10.2. The average molecular weight is 230 g/mol. The van der Waals surface area contributed by atoms with Gasteiger partial charge < -0.3 is 5.73 Å². The van der Waals surface area contributed by atoms with Crippen molar-refractivity contribution in [1.82, 2.24) is 4.90 Å². The van der Waals surface area contributed by atoms with Gasteiger partial charge in [-0.05, 0) is 43.7 Å². The molecule has 1 atom stereocenters. The van der Waals surface area contributed by atoms with Crippen molar-refractivity contribution in [3.8, 4) is 0 Å². The Hall–Kier alpha value is 0.270. The Morgan fingerprint density at radius 1 is 1.40 bits per heavy atom. The molecular formula is C12H26N2S. The van der Waals surface area contributed by atoms with Gasteiger partial charge in [-0.2, -0.15) is 11.8 Å². The van der Waals surface area contributed by atoms with Crippen molar-refractivity contribution in [2.24, 2.45) is 5.73 Å². The maximum absolute atomic E-state index is 5.90. The lowest BCUT2D eigenvalue weighted by Crippen LogP contribution is -2.43. The molecule has 0 radical (unpaired) electrons. The van der Waals surface area contributed by atoms with Gasteiger partial charge in [0.15, 0.2) is 0 Å². The van der Waals surface area contributed by atoms with Crippen molar-refractivity contribution in [1.29, 1.82) is 0 Å². The van der Waals surface area contributed by atoms with Crippen LogP contribution in [0.25, 0.3) is 0 Å². The van der Waals surface area contributed by atoms with Gasteiger partial charge in [0, 0.05) is 18.6 Å². The maximum Gasteiger partial charge on any atom is 0.0229 e. The van der Waals surface area contributed by atoms with Crippen molar-refractivity contribution in [3.05, 3.63) is 0 Å². The van der Waals surface area contributed by atoms with E-state index in [2.05, 4.69) is 18.7 Å². The van der Waals surface area contributed by atoms with Crippen LogP contribution in [0.3, 0.4) is 0 Å². The first kappa shape index (κ1) is 13.3. The van der Waals surface area contributed by atoms with Gasteiger partial charge in [-0.25, -0.2) is 0 Å². The van der Waals surface area contributed by atoms with Gasteiger partial charge in [-0.3, -0.25) is 4.90 Å². The molecule has 3 heteroatoms. The Labute approximate surface area is 99.0 Å². The predicted octanol–water partition coefficient (Wildman–Crippen LogP) is 2.33. The van der Waals surface area contributed by atoms with Gasteiger partial charge in [-0.15, -0.1) is 0 Å². The molecule has 0 heterocycles. The van der Waals surface area contributed by atoms with Crippen molar-refractivity contribution in [2.75, 3.05) is 24.6 Å². The number of hydrogen-bond donors (Lipinski definition) is 1. The smallest absolute Gasteiger partial charge is 0.0229 e. The van der Waals surface area contributed by atoms with Crippen molar-refractivity contribution >= 4 is 11.8 Å². The van der Waals surface area contributed by atoms with E-state index in [1.807, 2.05) is 11.8 Å². The van der Waals surface area contributed by atoms with Crippen LogP contribution in [0.2, 0.25) is 0 Å². The lowest BCUT2D eigenvalue weighted by molar-refractivity contribution is 0.186. The lowest BCUT2D eigenvalue weighted by atomic mass is 10.1. The van der Waals surface area contributed by atoms with Crippen molar-refractivity contribution in [2.45, 2.75) is 51.6 Å². The summed E-state index contributed by atoms with van der Waals surface area (Å²) in [5.41, 5.74) is 5.90. The van der Waals surface area contributed by atoms with E-state index in [4.69, 9.17) is 5.73 Å². The van der Waals surface area contributed by atoms with E-state index < -0.39 is 0 Å². The summed E-state index contributed by atoms with van der Waals surface area (Å²) in [7, 11) is 0. The first-order chi connectivity index (χ1) is 7.33. The van der Waals surface area contributed by atoms with Gasteiger partial charge >= 0.3 is 0 Å². The summed E-state index contributed by atoms with van der Waals surface area (Å²) in [4.78, 5) is 2.66. The quantitative estimate of drug-likeness (QED) is 0.617. The van der Waals surface area contributed by atoms with Crippen LogP contribution in [0, 0.1) is 0 Å². The summed E-state index contributed by atoms with van der Waals surface area (Å²) in [5, 5.41) is 0. The molecule has 1 fully saturated rings. The second kappa shape index (κ2) is 7.53. The highest BCUT2D eigenvalue weighted by atomic mass is 32.2. The molecule has 0 aliphatic heterocycles. The van der Waals surface area contributed by atoms with Crippen LogP contribution in [-0.2, 0) is 0 Å². The summed E-state index contributed by atoms with van der Waals surface area (Å²) in [6.45, 7) is 6.57. The molecule has 1 aliphatic rings. The minimum absolute atomic E-state index is 0.636. The molecule has 1 rings (SSSR count). The molecule has 1 unspecified atom stereocenters. The van der Waals surface area contributed by atoms with E-state index in [0.29, 0.717) is 6.04 Å². The van der Waals surface area contributed by atoms with Crippen LogP contribution >= 0.6 is 11.8 Å². The van der Waals surface area contributed by atoms with Crippen LogP contribution in [0.5, 0.6) is 0 Å². The van der Waals surface area contributed by atoms with Crippen LogP contribution in [0.1, 0.15) is 39.5 Å². The first-order valence-electron chi connectivity index (χ1n) is 6.37. The highest BCUT2D eigenvalue weighted by Gasteiger charge is 2.32. The molecule has 15 heavy (non-hydrogen) atoms. The summed E-state index contributed by atoms with van der Waals surface area (Å²) in [6, 6.07) is 1.50. The molecule has 1 aliphatic carbocycles. The number of nitrogens with zero attached hydrogens (tertiary/aromatic N) is 1. The number of rotatable bonds is 9. The summed E-state index contributed by atoms with van der Waals surface area (Å²) in [6.07, 6.45) is 5.33. The maximum atomic E-state index is 5.90. The fraction of sp³-hybridized carbons (Fsp3) is 1.00. The van der Waals surface area contributed by atoms with E-state index >= 15 is 0 Å². The minimum atomic E-state index is 0.636. The van der Waals surface area contributed by atoms with Crippen LogP contribution < -0.4 is 5.73 Å². The summed E-state index contributed by atoms with van der Waals surface area (Å²) in [5.74, 6) is 2.50. The Kier molecular flexibility index (Phi) is 6.69. The zero-order valence-corrected chi connectivity index (χ0v) is 11.1. The third-order valence-electron chi connectivity index (χ3n) is 3.04. The molecule has 1 saturated carbocycles. The monoisotopic (exact) mass is 230 g/mol. The molecule has 0 saturated heterocycles. The fourth-order valence-corrected chi connectivity index (χ4v) is 2.84. The van der Waals surface area contributed by atoms with Crippen molar-refractivity contribution < 1.29 is 0 Å². The summed E-state index contributed by atoms with van der Waals surface area (Å²) < 4.78 is 0. The van der Waals surface area contributed by atoms with E-state index in [0.717, 1.165) is 12.6 Å². The molecule has 90 valence electrons. The molecule has 0 aromatic heterocycles. The highest BCUT2D eigenvalue weighted by Crippen LogP contribution is 2.29. The van der Waals surface area contributed by atoms with Gasteiger partial charge in [0.05, 0.1) is 0 Å². The van der Waals surface area contributed by atoms with E-state index in [-0.39, 0.29) is 0 Å². The van der Waals surface area contributed by atoms with Gasteiger partial charge in [0.25, 0.3) is 0 Å². The second-order valence-corrected chi connectivity index (χ2v) is 5.74. The molecular weight excluding hydrogens is 204 g/mol. The first-order valence-corrected chi connectivity index (χ1v) is 7.52. The normalized spacial score (nSPS) is 18.4. The van der Waals surface area contributed by atoms with Crippen LogP contribution in [-0.4, -0.2) is 41.6 Å². The van der Waals surface area contributed by atoms with E-state index in [1.54, 1.807) is 0 Å². The summed E-state index contributed by atoms with van der Waals surface area (Å²) >= 11 is 2.04. The molecule has 0 bridgehead atoms. The molecule has 0 aromatic carbocycles. The van der Waals surface area contributed by atoms with Crippen molar-refractivity contribution in [3.63, 3.8) is 0 Å². The number of nitrogens with two attached hydrogens (primary N) is 1. The molecule has 0 spiro atoms. The standard InChI is InChI=1S/C12H26N2S/c1-3-8-14(11-5-6-11)12(10-13)7-9-15-4-2/h11-12H,3-10,13H2,1-2H3. The Morgan fingerprint density at radius 2 is 2.13 bits per heavy atom. The van der Waals surface area contributed by atoms with Crippen LogP contribution in [0.15, 0.2) is 0 Å². The SMILES string of the molecule is CCCN(C(CN)CCSCC)C1CC1. The topological polar surface area (TPSA) is 29.3 Å². The largest absolute Gasteiger partial charge is 0.329 e. The average Bonchev–Trinajstić information content (AvgIpc) is 3.06. The fourth-order valence-electron chi connectivity index (χ4n) is 2.11. The molecule has 0 amide bonds.